The topological polar surface area (TPSA) is 31.4 Å². The summed E-state index contributed by atoms with van der Waals surface area (Å²) in [5, 5.41) is 2.98. The Kier molecular flexibility index (Phi) is 2.46. The molecule has 3 rings (SSSR count). The third kappa shape index (κ3) is 2.10. The van der Waals surface area contributed by atoms with E-state index in [9.17, 15) is 0 Å². The number of aryl methyl sites for hydroxylation is 1. The van der Waals surface area contributed by atoms with Crippen molar-refractivity contribution < 1.29 is 9.47 Å². The summed E-state index contributed by atoms with van der Waals surface area (Å²) in [6.07, 6.45) is 0. The smallest absolute Gasteiger partial charge is 0.231 e. The molecule has 0 N–H and O–H groups in total. The zero-order valence-electron chi connectivity index (χ0n) is 9.19. The number of ether oxygens (including phenoxy) is 2. The van der Waals surface area contributed by atoms with Gasteiger partial charge in [0.1, 0.15) is 5.69 Å². The Bertz CT molecular complexity index is 622. The highest BCUT2D eigenvalue weighted by Crippen LogP contribution is 2.32. The molecule has 0 fully saturated rings. The average molecular weight is 243 g/mol. The maximum absolute atomic E-state index is 5.29. The van der Waals surface area contributed by atoms with Crippen LogP contribution in [0.2, 0.25) is 0 Å². The molecule has 1 aromatic heterocycles. The van der Waals surface area contributed by atoms with Gasteiger partial charge in [-0.3, -0.25) is 0 Å². The lowest BCUT2D eigenvalue weighted by Gasteiger charge is -1.94. The van der Waals surface area contributed by atoms with Gasteiger partial charge in [-0.15, -0.1) is 11.3 Å². The summed E-state index contributed by atoms with van der Waals surface area (Å²) in [5.74, 6) is 7.62. The second-order valence-electron chi connectivity index (χ2n) is 3.57. The van der Waals surface area contributed by atoms with Crippen molar-refractivity contribution in [1.29, 1.82) is 0 Å². The van der Waals surface area contributed by atoms with Crippen molar-refractivity contribution in [2.24, 2.45) is 0 Å². The number of benzene rings is 1. The molecule has 84 valence electrons. The molecule has 1 aliphatic rings. The van der Waals surface area contributed by atoms with Crippen molar-refractivity contribution >= 4 is 11.3 Å². The summed E-state index contributed by atoms with van der Waals surface area (Å²) in [5.41, 5.74) is 1.71. The van der Waals surface area contributed by atoms with Gasteiger partial charge in [0, 0.05) is 10.9 Å². The van der Waals surface area contributed by atoms with Crippen molar-refractivity contribution in [2.75, 3.05) is 6.79 Å². The minimum Gasteiger partial charge on any atom is -0.454 e. The molecule has 4 heteroatoms. The molecule has 17 heavy (non-hydrogen) atoms. The van der Waals surface area contributed by atoms with Gasteiger partial charge in [-0.2, -0.15) is 0 Å². The Morgan fingerprint density at radius 2 is 2.12 bits per heavy atom. The van der Waals surface area contributed by atoms with Crippen molar-refractivity contribution in [1.82, 2.24) is 4.98 Å². The molecule has 0 radical (unpaired) electrons. The van der Waals surface area contributed by atoms with Gasteiger partial charge in [0.25, 0.3) is 0 Å². The number of hydrogen-bond donors (Lipinski definition) is 0. The Labute approximate surface area is 103 Å². The largest absolute Gasteiger partial charge is 0.454 e. The molecule has 0 amide bonds. The molecule has 2 aromatic rings. The standard InChI is InChI=1S/C13H9NO2S/c1-9-14-11(7-17-9)4-2-10-3-5-12-13(6-10)16-8-15-12/h3,5-7H,8H2,1H3. The van der Waals surface area contributed by atoms with E-state index in [1.54, 1.807) is 11.3 Å². The predicted octanol–water partition coefficient (Wildman–Crippen LogP) is 2.58. The fourth-order valence-electron chi connectivity index (χ4n) is 1.53. The molecule has 0 unspecified atom stereocenters. The van der Waals surface area contributed by atoms with Gasteiger partial charge in [-0.1, -0.05) is 5.92 Å². The molecular formula is C13H9NO2S. The van der Waals surface area contributed by atoms with Crippen LogP contribution in [0.15, 0.2) is 23.6 Å². The van der Waals surface area contributed by atoms with Crippen LogP contribution in [0.25, 0.3) is 0 Å². The van der Waals surface area contributed by atoms with E-state index in [1.807, 2.05) is 30.5 Å². The molecule has 0 aliphatic carbocycles. The van der Waals surface area contributed by atoms with E-state index < -0.39 is 0 Å². The van der Waals surface area contributed by atoms with Gasteiger partial charge in [-0.05, 0) is 31.0 Å². The third-order valence-corrected chi connectivity index (χ3v) is 3.10. The van der Waals surface area contributed by atoms with E-state index in [1.165, 1.54) is 0 Å². The second-order valence-corrected chi connectivity index (χ2v) is 4.63. The number of fused-ring (bicyclic) bond motifs is 1. The van der Waals surface area contributed by atoms with Crippen molar-refractivity contribution in [2.45, 2.75) is 6.92 Å². The normalized spacial score (nSPS) is 12.1. The summed E-state index contributed by atoms with van der Waals surface area (Å²) < 4.78 is 10.5. The predicted molar refractivity (Wildman–Crippen MR) is 65.4 cm³/mol. The molecule has 1 aliphatic heterocycles. The lowest BCUT2D eigenvalue weighted by molar-refractivity contribution is 0.174. The summed E-state index contributed by atoms with van der Waals surface area (Å²) in [4.78, 5) is 4.29. The number of aromatic nitrogens is 1. The maximum atomic E-state index is 5.29. The Morgan fingerprint density at radius 3 is 2.94 bits per heavy atom. The highest BCUT2D eigenvalue weighted by Gasteiger charge is 2.12. The van der Waals surface area contributed by atoms with Crippen LogP contribution in [0, 0.1) is 18.8 Å². The first-order chi connectivity index (χ1) is 8.31. The summed E-state index contributed by atoms with van der Waals surface area (Å²) in [7, 11) is 0. The van der Waals surface area contributed by atoms with Gasteiger partial charge in [0.05, 0.1) is 5.01 Å². The van der Waals surface area contributed by atoms with Gasteiger partial charge >= 0.3 is 0 Å². The average Bonchev–Trinajstić information content (AvgIpc) is 2.94. The summed E-state index contributed by atoms with van der Waals surface area (Å²) in [6.45, 7) is 2.26. The molecule has 0 saturated carbocycles. The minimum atomic E-state index is 0.289. The lowest BCUT2D eigenvalue weighted by atomic mass is 10.2. The second kappa shape index (κ2) is 4.11. The van der Waals surface area contributed by atoms with Gasteiger partial charge < -0.3 is 9.47 Å². The van der Waals surface area contributed by atoms with Crippen LogP contribution < -0.4 is 9.47 Å². The fraction of sp³-hybridized carbons (Fsp3) is 0.154. The number of nitrogens with zero attached hydrogens (tertiary/aromatic N) is 1. The van der Waals surface area contributed by atoms with E-state index in [-0.39, 0.29) is 6.79 Å². The molecular weight excluding hydrogens is 234 g/mol. The molecule has 0 spiro atoms. The molecule has 3 nitrogen and oxygen atoms in total. The van der Waals surface area contributed by atoms with Crippen molar-refractivity contribution in [3.63, 3.8) is 0 Å². The zero-order valence-corrected chi connectivity index (χ0v) is 10.0. The SMILES string of the molecule is Cc1nc(C#Cc2ccc3c(c2)OCO3)cs1. The van der Waals surface area contributed by atoms with Gasteiger partial charge in [-0.25, -0.2) is 4.98 Å². The Balaban J connectivity index is 1.88. The van der Waals surface area contributed by atoms with E-state index in [4.69, 9.17) is 9.47 Å². The number of rotatable bonds is 0. The zero-order chi connectivity index (χ0) is 11.7. The van der Waals surface area contributed by atoms with Crippen LogP contribution in [0.1, 0.15) is 16.3 Å². The first-order valence-electron chi connectivity index (χ1n) is 5.15. The van der Waals surface area contributed by atoms with Crippen LogP contribution in [0.5, 0.6) is 11.5 Å². The number of hydrogen-bond acceptors (Lipinski definition) is 4. The molecule has 0 bridgehead atoms. The highest BCUT2D eigenvalue weighted by atomic mass is 32.1. The van der Waals surface area contributed by atoms with Gasteiger partial charge in [0.2, 0.25) is 6.79 Å². The molecule has 1 aromatic carbocycles. The molecule has 0 atom stereocenters. The highest BCUT2D eigenvalue weighted by molar-refractivity contribution is 7.09. The van der Waals surface area contributed by atoms with E-state index in [0.29, 0.717) is 0 Å². The first kappa shape index (κ1) is 10.2. The van der Waals surface area contributed by atoms with E-state index in [2.05, 4.69) is 16.8 Å². The van der Waals surface area contributed by atoms with E-state index >= 15 is 0 Å². The van der Waals surface area contributed by atoms with Crippen LogP contribution in [-0.4, -0.2) is 11.8 Å². The lowest BCUT2D eigenvalue weighted by Crippen LogP contribution is -1.92. The fourth-order valence-corrected chi connectivity index (χ4v) is 2.08. The van der Waals surface area contributed by atoms with Crippen molar-refractivity contribution in [3.8, 4) is 23.3 Å². The monoisotopic (exact) mass is 243 g/mol. The van der Waals surface area contributed by atoms with E-state index in [0.717, 1.165) is 27.8 Å². The van der Waals surface area contributed by atoms with Crippen LogP contribution in [0.4, 0.5) is 0 Å². The Hall–Kier alpha value is -1.99. The summed E-state index contributed by atoms with van der Waals surface area (Å²) >= 11 is 1.60. The first-order valence-corrected chi connectivity index (χ1v) is 6.03. The molecule has 0 saturated heterocycles. The maximum Gasteiger partial charge on any atom is 0.231 e. The van der Waals surface area contributed by atoms with Gasteiger partial charge in [0.15, 0.2) is 11.5 Å². The number of thiazole rings is 1. The minimum absolute atomic E-state index is 0.289. The summed E-state index contributed by atoms with van der Waals surface area (Å²) in [6, 6.07) is 5.67. The molecule has 2 heterocycles. The third-order valence-electron chi connectivity index (χ3n) is 2.33. The van der Waals surface area contributed by atoms with Crippen LogP contribution in [-0.2, 0) is 0 Å². The van der Waals surface area contributed by atoms with Crippen molar-refractivity contribution in [3.05, 3.63) is 39.8 Å². The van der Waals surface area contributed by atoms with Crippen LogP contribution in [0.3, 0.4) is 0 Å². The Morgan fingerprint density at radius 1 is 1.24 bits per heavy atom. The van der Waals surface area contributed by atoms with Crippen LogP contribution >= 0.6 is 11.3 Å². The quantitative estimate of drug-likeness (QED) is 0.666.